The molecule has 0 radical (unpaired) electrons. The molecule has 0 amide bonds. The summed E-state index contributed by atoms with van der Waals surface area (Å²) in [5.74, 6) is 0.877. The maximum absolute atomic E-state index is 4.06. The molecule has 2 rings (SSSR count). The Morgan fingerprint density at radius 3 is 2.85 bits per heavy atom. The van der Waals surface area contributed by atoms with Crippen molar-refractivity contribution in [2.24, 2.45) is 5.92 Å². The van der Waals surface area contributed by atoms with Crippen molar-refractivity contribution >= 4 is 0 Å². The molecule has 0 unspecified atom stereocenters. The summed E-state index contributed by atoms with van der Waals surface area (Å²) in [6, 6.07) is 6.04. The fourth-order valence-corrected chi connectivity index (χ4v) is 2.13. The van der Waals surface area contributed by atoms with Crippen molar-refractivity contribution < 1.29 is 0 Å². The van der Waals surface area contributed by atoms with Gasteiger partial charge in [0.1, 0.15) is 0 Å². The highest BCUT2D eigenvalue weighted by atomic mass is 14.6. The molecule has 0 bridgehead atoms. The fourth-order valence-electron chi connectivity index (χ4n) is 2.13. The van der Waals surface area contributed by atoms with Gasteiger partial charge in [-0.1, -0.05) is 38.2 Å². The summed E-state index contributed by atoms with van der Waals surface area (Å²) in [4.78, 5) is 4.06. The summed E-state index contributed by atoms with van der Waals surface area (Å²) < 4.78 is 0. The van der Waals surface area contributed by atoms with E-state index in [9.17, 15) is 0 Å². The van der Waals surface area contributed by atoms with Crippen LogP contribution in [0.25, 0.3) is 0 Å². The van der Waals surface area contributed by atoms with E-state index in [-0.39, 0.29) is 0 Å². The van der Waals surface area contributed by atoms with Crippen molar-refractivity contribution in [3.63, 3.8) is 0 Å². The Morgan fingerprint density at radius 1 is 1.31 bits per heavy atom. The number of aromatic nitrogens is 1. The first-order valence-electron chi connectivity index (χ1n) is 5.17. The lowest BCUT2D eigenvalue weighted by Crippen LogP contribution is -2.08. The van der Waals surface area contributed by atoms with Crippen LogP contribution in [0.15, 0.2) is 12.4 Å². The average molecular weight is 173 g/mol. The first-order chi connectivity index (χ1) is 6.45. The summed E-state index contributed by atoms with van der Waals surface area (Å²) in [7, 11) is 0. The monoisotopic (exact) mass is 173 g/mol. The lowest BCUT2D eigenvalue weighted by molar-refractivity contribution is 0.356. The molecule has 13 heavy (non-hydrogen) atoms. The van der Waals surface area contributed by atoms with E-state index in [1.165, 1.54) is 37.7 Å². The molecule has 1 heteroatoms. The van der Waals surface area contributed by atoms with Gasteiger partial charge in [-0.05, 0) is 18.4 Å². The van der Waals surface area contributed by atoms with Gasteiger partial charge < -0.3 is 0 Å². The van der Waals surface area contributed by atoms with Crippen LogP contribution in [0.5, 0.6) is 0 Å². The van der Waals surface area contributed by atoms with E-state index < -0.39 is 0 Å². The summed E-state index contributed by atoms with van der Waals surface area (Å²) >= 11 is 0. The predicted octanol–water partition coefficient (Wildman–Crippen LogP) is 2.80. The molecule has 0 aromatic carbocycles. The third-order valence-corrected chi connectivity index (χ3v) is 2.84. The van der Waals surface area contributed by atoms with Crippen LogP contribution in [0.2, 0.25) is 0 Å². The number of hydrogen-bond acceptors (Lipinski definition) is 1. The van der Waals surface area contributed by atoms with E-state index in [1.807, 2.05) is 6.20 Å². The molecule has 68 valence electrons. The Balaban J connectivity index is 1.90. The van der Waals surface area contributed by atoms with Crippen LogP contribution in [0.3, 0.4) is 0 Å². The zero-order valence-electron chi connectivity index (χ0n) is 7.92. The van der Waals surface area contributed by atoms with Gasteiger partial charge in [-0.3, -0.25) is 4.98 Å². The molecule has 1 aromatic heterocycles. The molecule has 1 aromatic rings. The number of hydrogen-bond donors (Lipinski definition) is 0. The second kappa shape index (κ2) is 4.28. The van der Waals surface area contributed by atoms with E-state index in [0.29, 0.717) is 0 Å². The third kappa shape index (κ3) is 2.45. The highest BCUT2D eigenvalue weighted by molar-refractivity contribution is 5.02. The summed E-state index contributed by atoms with van der Waals surface area (Å²) in [5, 5.41) is 0. The van der Waals surface area contributed by atoms with E-state index in [1.54, 1.807) is 6.20 Å². The first-order valence-corrected chi connectivity index (χ1v) is 5.17. The van der Waals surface area contributed by atoms with Gasteiger partial charge >= 0.3 is 0 Å². The topological polar surface area (TPSA) is 12.9 Å². The highest BCUT2D eigenvalue weighted by Crippen LogP contribution is 2.25. The van der Waals surface area contributed by atoms with Crippen LogP contribution in [0, 0.1) is 18.1 Å². The minimum atomic E-state index is 0.877. The van der Waals surface area contributed by atoms with Gasteiger partial charge in [-0.2, -0.15) is 0 Å². The molecule has 1 aliphatic rings. The minimum absolute atomic E-state index is 0.877. The van der Waals surface area contributed by atoms with Crippen molar-refractivity contribution in [1.29, 1.82) is 0 Å². The second-order valence-corrected chi connectivity index (χ2v) is 3.91. The van der Waals surface area contributed by atoms with Gasteiger partial charge in [-0.15, -0.1) is 0 Å². The normalized spacial score (nSPS) is 18.2. The Kier molecular flexibility index (Phi) is 2.82. The molecule has 1 aliphatic carbocycles. The zero-order valence-corrected chi connectivity index (χ0v) is 7.92. The van der Waals surface area contributed by atoms with Crippen molar-refractivity contribution in [2.75, 3.05) is 0 Å². The van der Waals surface area contributed by atoms with E-state index >= 15 is 0 Å². The van der Waals surface area contributed by atoms with Crippen molar-refractivity contribution in [3.05, 3.63) is 30.1 Å². The van der Waals surface area contributed by atoms with Crippen LogP contribution in [0.1, 0.15) is 37.7 Å². The first kappa shape index (κ1) is 8.56. The Hall–Kier alpha value is -1.03. The van der Waals surface area contributed by atoms with E-state index in [4.69, 9.17) is 0 Å². The molecule has 0 spiro atoms. The lowest BCUT2D eigenvalue weighted by Gasteiger charge is -2.20. The van der Waals surface area contributed by atoms with Crippen LogP contribution >= 0.6 is 0 Å². The van der Waals surface area contributed by atoms with Crippen molar-refractivity contribution in [3.8, 4) is 0 Å². The largest absolute Gasteiger partial charge is 0.255 e. The molecule has 1 nitrogen and oxygen atoms in total. The third-order valence-electron chi connectivity index (χ3n) is 2.84. The Bertz CT molecular complexity index is 237. The van der Waals surface area contributed by atoms with Crippen LogP contribution in [0.4, 0.5) is 0 Å². The fraction of sp³-hybridized carbons (Fsp3) is 0.583. The van der Waals surface area contributed by atoms with Crippen LogP contribution in [-0.2, 0) is 6.42 Å². The Morgan fingerprint density at radius 2 is 2.15 bits per heavy atom. The van der Waals surface area contributed by atoms with E-state index in [0.717, 1.165) is 12.3 Å². The molecular formula is C12H15N. The maximum atomic E-state index is 4.06. The van der Waals surface area contributed by atoms with Gasteiger partial charge in [0.05, 0.1) is 6.20 Å². The second-order valence-electron chi connectivity index (χ2n) is 3.91. The molecule has 0 aliphatic heterocycles. The minimum Gasteiger partial charge on any atom is -0.255 e. The van der Waals surface area contributed by atoms with Gasteiger partial charge in [0.15, 0.2) is 0 Å². The smallest absolute Gasteiger partial charge is 0.0770 e. The Labute approximate surface area is 80.2 Å². The molecule has 1 heterocycles. The van der Waals surface area contributed by atoms with Crippen LogP contribution < -0.4 is 0 Å². The van der Waals surface area contributed by atoms with Crippen molar-refractivity contribution in [2.45, 2.75) is 38.5 Å². The quantitative estimate of drug-likeness (QED) is 0.670. The average Bonchev–Trinajstić information content (AvgIpc) is 2.21. The standard InChI is InChI=1S/C12H15N/c1-2-5-11(6-3-1)9-12-7-4-8-13-10-12/h8,10-11H,1-3,5-6,9H2. The zero-order chi connectivity index (χ0) is 8.93. The summed E-state index contributed by atoms with van der Waals surface area (Å²) in [6.45, 7) is 0. The summed E-state index contributed by atoms with van der Waals surface area (Å²) in [6.07, 6.45) is 11.8. The molecule has 0 saturated heterocycles. The SMILES string of the molecule is c1cncc(CC2CCCCC2)c#1. The molecule has 1 fully saturated rings. The van der Waals surface area contributed by atoms with Gasteiger partial charge in [0, 0.05) is 11.8 Å². The maximum Gasteiger partial charge on any atom is 0.0770 e. The molecule has 1 saturated carbocycles. The molecule has 0 atom stereocenters. The van der Waals surface area contributed by atoms with Gasteiger partial charge in [-0.25, -0.2) is 0 Å². The summed E-state index contributed by atoms with van der Waals surface area (Å²) in [5.41, 5.74) is 1.23. The highest BCUT2D eigenvalue weighted by Gasteiger charge is 2.13. The van der Waals surface area contributed by atoms with E-state index in [2.05, 4.69) is 17.1 Å². The molecule has 0 N–H and O–H groups in total. The predicted molar refractivity (Wildman–Crippen MR) is 52.2 cm³/mol. The molecular weight excluding hydrogens is 158 g/mol. The van der Waals surface area contributed by atoms with Gasteiger partial charge in [0.25, 0.3) is 0 Å². The lowest BCUT2D eigenvalue weighted by atomic mass is 9.85. The van der Waals surface area contributed by atoms with Crippen LogP contribution in [-0.4, -0.2) is 4.98 Å². The van der Waals surface area contributed by atoms with Crippen molar-refractivity contribution in [1.82, 2.24) is 4.98 Å². The number of rotatable bonds is 2. The van der Waals surface area contributed by atoms with Gasteiger partial charge in [0.2, 0.25) is 0 Å². The number of nitrogens with zero attached hydrogens (tertiary/aromatic N) is 1.